The largest absolute Gasteiger partial charge is 0.416 e. The number of aromatic nitrogens is 1. The van der Waals surface area contributed by atoms with Crippen LogP contribution < -0.4 is 11.1 Å². The Morgan fingerprint density at radius 3 is 2.42 bits per heavy atom. The quantitative estimate of drug-likeness (QED) is 0.724. The number of nitrogens with two attached hydrogens (primary N) is 1. The zero-order valence-electron chi connectivity index (χ0n) is 16.6. The second-order valence-electron chi connectivity index (χ2n) is 7.56. The highest BCUT2D eigenvalue weighted by atomic mass is 19.4. The Balaban J connectivity index is 1.80. The van der Waals surface area contributed by atoms with Crippen molar-refractivity contribution in [2.24, 2.45) is 11.7 Å². The maximum atomic E-state index is 12.9. The van der Waals surface area contributed by atoms with Gasteiger partial charge in [0.05, 0.1) is 29.1 Å². The lowest BCUT2D eigenvalue weighted by atomic mass is 9.89. The van der Waals surface area contributed by atoms with Crippen molar-refractivity contribution >= 4 is 23.4 Å². The van der Waals surface area contributed by atoms with Crippen molar-refractivity contribution in [2.45, 2.75) is 32.0 Å². The molecule has 0 bridgehead atoms. The van der Waals surface area contributed by atoms with Crippen LogP contribution in [0, 0.1) is 5.92 Å². The number of anilines is 1. The number of likely N-dealkylation sites (tertiary alicyclic amines) is 1. The maximum Gasteiger partial charge on any atom is 0.416 e. The van der Waals surface area contributed by atoms with Crippen molar-refractivity contribution in [3.63, 3.8) is 0 Å². The summed E-state index contributed by atoms with van der Waals surface area (Å²) in [6.07, 6.45) is -0.676. The molecule has 31 heavy (non-hydrogen) atoms. The predicted molar refractivity (Wildman–Crippen MR) is 106 cm³/mol. The number of hydrogen-bond donors (Lipinski definition) is 2. The molecule has 3 rings (SSSR count). The number of carbonyl (C=O) groups is 3. The molecule has 3 N–H and O–H groups in total. The van der Waals surface area contributed by atoms with E-state index in [2.05, 4.69) is 10.3 Å². The summed E-state index contributed by atoms with van der Waals surface area (Å²) >= 11 is 0. The molecule has 1 fully saturated rings. The molecule has 10 heteroatoms. The van der Waals surface area contributed by atoms with E-state index in [1.165, 1.54) is 35.5 Å². The normalized spacial score (nSPS) is 19.0. The van der Waals surface area contributed by atoms with E-state index in [1.54, 1.807) is 0 Å². The lowest BCUT2D eigenvalue weighted by Crippen LogP contribution is -2.46. The number of alkyl halides is 3. The number of rotatable bonds is 3. The van der Waals surface area contributed by atoms with Gasteiger partial charge in [-0.05, 0) is 42.5 Å². The summed E-state index contributed by atoms with van der Waals surface area (Å²) < 4.78 is 38.6. The minimum Gasteiger partial charge on any atom is -0.366 e. The average Bonchev–Trinajstić information content (AvgIpc) is 2.72. The first-order chi connectivity index (χ1) is 14.6. The number of piperidine rings is 1. The second-order valence-corrected chi connectivity index (χ2v) is 7.56. The fourth-order valence-corrected chi connectivity index (χ4v) is 3.58. The summed E-state index contributed by atoms with van der Waals surface area (Å²) in [6, 6.07) is 5.39. The molecule has 164 valence electrons. The number of nitrogens with zero attached hydrogens (tertiary/aromatic N) is 2. The molecule has 1 aromatic carbocycles. The topological polar surface area (TPSA) is 105 Å². The lowest BCUT2D eigenvalue weighted by molar-refractivity contribution is -0.146. The van der Waals surface area contributed by atoms with Crippen molar-refractivity contribution < 1.29 is 27.6 Å². The SMILES string of the molecule is C[C@@H]1CC[C@@H](c2ccc(C(F)(F)F)cc2)N(C(=O)C(=O)Nc2cncc(C(N)=O)c2)C1. The first kappa shape index (κ1) is 22.3. The molecule has 0 radical (unpaired) electrons. The second kappa shape index (κ2) is 8.75. The number of hydrogen-bond acceptors (Lipinski definition) is 4. The van der Waals surface area contributed by atoms with Crippen molar-refractivity contribution in [1.82, 2.24) is 9.88 Å². The van der Waals surface area contributed by atoms with Crippen LogP contribution in [0.15, 0.2) is 42.7 Å². The van der Waals surface area contributed by atoms with Crippen LogP contribution in [0.1, 0.15) is 47.3 Å². The molecule has 0 saturated carbocycles. The molecule has 1 aromatic heterocycles. The Morgan fingerprint density at radius 1 is 1.13 bits per heavy atom. The van der Waals surface area contributed by atoms with Gasteiger partial charge < -0.3 is 16.0 Å². The molecular formula is C21H21F3N4O3. The van der Waals surface area contributed by atoms with Crippen LogP contribution in [0.4, 0.5) is 18.9 Å². The Hall–Kier alpha value is -3.43. The molecule has 0 unspecified atom stereocenters. The van der Waals surface area contributed by atoms with Crippen LogP contribution in [0.5, 0.6) is 0 Å². The number of halogens is 3. The highest BCUT2D eigenvalue weighted by Crippen LogP contribution is 2.35. The highest BCUT2D eigenvalue weighted by molar-refractivity contribution is 6.39. The Labute approximate surface area is 176 Å². The molecule has 3 amide bonds. The fraction of sp³-hybridized carbons (Fsp3) is 0.333. The maximum absolute atomic E-state index is 12.9. The van der Waals surface area contributed by atoms with E-state index in [0.717, 1.165) is 18.6 Å². The predicted octanol–water partition coefficient (Wildman–Crippen LogP) is 3.14. The van der Waals surface area contributed by atoms with E-state index in [9.17, 15) is 27.6 Å². The zero-order chi connectivity index (χ0) is 22.8. The first-order valence-corrected chi connectivity index (χ1v) is 9.60. The Kier molecular flexibility index (Phi) is 6.28. The van der Waals surface area contributed by atoms with Gasteiger partial charge in [0, 0.05) is 12.7 Å². The summed E-state index contributed by atoms with van der Waals surface area (Å²) in [6.45, 7) is 2.22. The molecule has 1 aliphatic heterocycles. The molecule has 1 aliphatic rings. The fourth-order valence-electron chi connectivity index (χ4n) is 3.58. The first-order valence-electron chi connectivity index (χ1n) is 9.60. The number of pyridine rings is 1. The summed E-state index contributed by atoms with van der Waals surface area (Å²) in [5, 5.41) is 2.40. The summed E-state index contributed by atoms with van der Waals surface area (Å²) in [7, 11) is 0. The number of benzene rings is 1. The standard InChI is InChI=1S/C21H21F3N4O3/c1-12-2-7-17(13-3-5-15(6-4-13)21(22,23)24)28(11-12)20(31)19(30)27-16-8-14(18(25)29)9-26-10-16/h3-6,8-10,12,17H,2,7,11H2,1H3,(H2,25,29)(H,27,30)/t12-,17+/m1/s1. The minimum atomic E-state index is -4.46. The third-order valence-electron chi connectivity index (χ3n) is 5.18. The van der Waals surface area contributed by atoms with Crippen molar-refractivity contribution in [3.8, 4) is 0 Å². The van der Waals surface area contributed by atoms with E-state index in [4.69, 9.17) is 5.73 Å². The molecule has 0 aliphatic carbocycles. The van der Waals surface area contributed by atoms with Gasteiger partial charge in [-0.1, -0.05) is 19.1 Å². The van der Waals surface area contributed by atoms with Gasteiger partial charge in [-0.25, -0.2) is 0 Å². The number of amides is 3. The number of carbonyl (C=O) groups excluding carboxylic acids is 3. The third-order valence-corrected chi connectivity index (χ3v) is 5.18. The third kappa shape index (κ3) is 5.19. The zero-order valence-corrected chi connectivity index (χ0v) is 16.6. The molecule has 0 spiro atoms. The lowest BCUT2D eigenvalue weighted by Gasteiger charge is -2.38. The van der Waals surface area contributed by atoms with Gasteiger partial charge in [0.1, 0.15) is 0 Å². The van der Waals surface area contributed by atoms with Crippen LogP contribution in [0.25, 0.3) is 0 Å². The van der Waals surface area contributed by atoms with Crippen LogP contribution in [-0.4, -0.2) is 34.2 Å². The van der Waals surface area contributed by atoms with Crippen LogP contribution in [0.3, 0.4) is 0 Å². The highest BCUT2D eigenvalue weighted by Gasteiger charge is 2.35. The Bertz CT molecular complexity index is 992. The van der Waals surface area contributed by atoms with E-state index in [0.29, 0.717) is 12.0 Å². The van der Waals surface area contributed by atoms with Crippen LogP contribution in [0.2, 0.25) is 0 Å². The van der Waals surface area contributed by atoms with Gasteiger partial charge in [0.2, 0.25) is 5.91 Å². The van der Waals surface area contributed by atoms with E-state index in [1.807, 2.05) is 6.92 Å². The van der Waals surface area contributed by atoms with Crippen LogP contribution in [-0.2, 0) is 15.8 Å². The minimum absolute atomic E-state index is 0.0690. The van der Waals surface area contributed by atoms with E-state index >= 15 is 0 Å². The van der Waals surface area contributed by atoms with Crippen molar-refractivity contribution in [3.05, 3.63) is 59.4 Å². The van der Waals surface area contributed by atoms with Gasteiger partial charge in [-0.3, -0.25) is 19.4 Å². The molecular weight excluding hydrogens is 413 g/mol. The molecule has 1 saturated heterocycles. The number of primary amides is 1. The van der Waals surface area contributed by atoms with Crippen LogP contribution >= 0.6 is 0 Å². The molecule has 2 aromatic rings. The number of nitrogens with one attached hydrogen (secondary N) is 1. The monoisotopic (exact) mass is 434 g/mol. The van der Waals surface area contributed by atoms with E-state index in [-0.39, 0.29) is 23.7 Å². The van der Waals surface area contributed by atoms with Gasteiger partial charge in [0.15, 0.2) is 0 Å². The van der Waals surface area contributed by atoms with Crippen molar-refractivity contribution in [2.75, 3.05) is 11.9 Å². The molecule has 2 heterocycles. The smallest absolute Gasteiger partial charge is 0.366 e. The summed E-state index contributed by atoms with van der Waals surface area (Å²) in [5.41, 5.74) is 5.13. The van der Waals surface area contributed by atoms with Crippen molar-refractivity contribution in [1.29, 1.82) is 0 Å². The van der Waals surface area contributed by atoms with Gasteiger partial charge in [0.25, 0.3) is 0 Å². The van der Waals surface area contributed by atoms with Gasteiger partial charge in [-0.15, -0.1) is 0 Å². The summed E-state index contributed by atoms with van der Waals surface area (Å²) in [5.74, 6) is -2.36. The van der Waals surface area contributed by atoms with Gasteiger partial charge in [-0.2, -0.15) is 13.2 Å². The van der Waals surface area contributed by atoms with Gasteiger partial charge >= 0.3 is 18.0 Å². The summed E-state index contributed by atoms with van der Waals surface area (Å²) in [4.78, 5) is 41.9. The molecule has 2 atom stereocenters. The molecule has 7 nitrogen and oxygen atoms in total. The average molecular weight is 434 g/mol. The van der Waals surface area contributed by atoms with E-state index < -0.39 is 35.5 Å². The Morgan fingerprint density at radius 2 is 1.81 bits per heavy atom.